The Morgan fingerprint density at radius 1 is 0.276 bits per heavy atom. The van der Waals surface area contributed by atoms with E-state index in [-0.39, 0.29) is 25.7 Å². The molecule has 0 spiro atoms. The first-order valence-electron chi connectivity index (χ1n) is 41.1. The summed E-state index contributed by atoms with van der Waals surface area (Å²) < 4.78 is 68.6. The van der Waals surface area contributed by atoms with Gasteiger partial charge in [0, 0.05) is 25.7 Å². The Labute approximate surface area is 600 Å². The summed E-state index contributed by atoms with van der Waals surface area (Å²) in [6, 6.07) is 0. The zero-order valence-electron chi connectivity index (χ0n) is 63.9. The molecule has 17 nitrogen and oxygen atoms in total. The lowest BCUT2D eigenvalue weighted by atomic mass is 10.0. The van der Waals surface area contributed by atoms with E-state index in [2.05, 4.69) is 34.6 Å². The fourth-order valence-corrected chi connectivity index (χ4v) is 13.8. The standard InChI is InChI=1S/C79H154O17P2/c1-6-9-12-15-18-21-23-25-26-27-28-29-32-36-40-45-50-55-60-65-79(84)96-75(69-90-77(82)63-58-53-48-43-39-35-33-30-31-34-37-42-46-51-56-61-72(4)5)71-94-98(87,88)92-67-73(80)66-91-97(85,86)93-70-74(68-89-76(81)62-57-52-47-41-20-17-14-11-8-3)95-78(83)64-59-54-49-44-38-24-22-19-16-13-10-7-2/h72-75,80H,6-71H2,1-5H3,(H,85,86)(H,87,88)/t73-,74+,75+/m0/s1. The lowest BCUT2D eigenvalue weighted by Gasteiger charge is -2.21. The fraction of sp³-hybridized carbons (Fsp3) is 0.949. The molecular weight excluding hydrogens is 1280 g/mol. The molecule has 2 unspecified atom stereocenters. The van der Waals surface area contributed by atoms with Crippen LogP contribution in [0.2, 0.25) is 0 Å². The molecule has 3 N–H and O–H groups in total. The van der Waals surface area contributed by atoms with Crippen LogP contribution in [0.1, 0.15) is 420 Å². The molecule has 19 heteroatoms. The number of carbonyl (C=O) groups is 4. The molecule has 0 amide bonds. The van der Waals surface area contributed by atoms with Gasteiger partial charge >= 0.3 is 39.5 Å². The molecule has 0 aliphatic rings. The molecule has 0 aromatic heterocycles. The summed E-state index contributed by atoms with van der Waals surface area (Å²) in [4.78, 5) is 72.9. The van der Waals surface area contributed by atoms with Crippen LogP contribution in [0.15, 0.2) is 0 Å². The largest absolute Gasteiger partial charge is 0.472 e. The minimum absolute atomic E-state index is 0.108. The van der Waals surface area contributed by atoms with Crippen molar-refractivity contribution >= 4 is 39.5 Å². The number of aliphatic hydroxyl groups is 1. The number of aliphatic hydroxyl groups excluding tert-OH is 1. The highest BCUT2D eigenvalue weighted by molar-refractivity contribution is 7.47. The maximum Gasteiger partial charge on any atom is 0.472 e. The quantitative estimate of drug-likeness (QED) is 0.0222. The second-order valence-corrected chi connectivity index (χ2v) is 31.8. The molecule has 582 valence electrons. The molecule has 0 aliphatic heterocycles. The van der Waals surface area contributed by atoms with Crippen LogP contribution in [0, 0.1) is 5.92 Å². The normalized spacial score (nSPS) is 13.9. The third-order valence-corrected chi connectivity index (χ3v) is 20.4. The van der Waals surface area contributed by atoms with E-state index >= 15 is 0 Å². The van der Waals surface area contributed by atoms with Crippen molar-refractivity contribution < 1.29 is 80.2 Å². The maximum atomic E-state index is 13.1. The topological polar surface area (TPSA) is 237 Å². The first-order chi connectivity index (χ1) is 47.5. The summed E-state index contributed by atoms with van der Waals surface area (Å²) in [7, 11) is -9.91. The van der Waals surface area contributed by atoms with E-state index in [1.165, 1.54) is 244 Å². The fourth-order valence-electron chi connectivity index (χ4n) is 12.2. The Morgan fingerprint density at radius 2 is 0.469 bits per heavy atom. The Balaban J connectivity index is 5.21. The summed E-state index contributed by atoms with van der Waals surface area (Å²) in [5, 5.41) is 10.6. The van der Waals surface area contributed by atoms with Gasteiger partial charge in [-0.1, -0.05) is 369 Å². The highest BCUT2D eigenvalue weighted by Gasteiger charge is 2.30. The Bertz CT molecular complexity index is 1870. The van der Waals surface area contributed by atoms with Gasteiger partial charge in [-0.25, -0.2) is 9.13 Å². The minimum Gasteiger partial charge on any atom is -0.462 e. The van der Waals surface area contributed by atoms with Gasteiger partial charge in [0.15, 0.2) is 12.2 Å². The summed E-state index contributed by atoms with van der Waals surface area (Å²) in [5.41, 5.74) is 0. The second kappa shape index (κ2) is 72.0. The monoisotopic (exact) mass is 1440 g/mol. The summed E-state index contributed by atoms with van der Waals surface area (Å²) in [6.07, 6.45) is 62.4. The Morgan fingerprint density at radius 3 is 0.694 bits per heavy atom. The molecule has 5 atom stereocenters. The number of rotatable bonds is 79. The number of phosphoric acid groups is 2. The molecule has 0 saturated carbocycles. The van der Waals surface area contributed by atoms with Crippen molar-refractivity contribution in [1.82, 2.24) is 0 Å². The minimum atomic E-state index is -4.96. The molecule has 0 fully saturated rings. The average Bonchev–Trinajstić information content (AvgIpc) is 1.03. The lowest BCUT2D eigenvalue weighted by molar-refractivity contribution is -0.161. The van der Waals surface area contributed by atoms with E-state index in [9.17, 15) is 43.2 Å². The number of hydrogen-bond acceptors (Lipinski definition) is 15. The summed E-state index contributed by atoms with van der Waals surface area (Å²) in [5.74, 6) is -1.30. The van der Waals surface area contributed by atoms with Crippen LogP contribution in [0.4, 0.5) is 0 Å². The SMILES string of the molecule is CCCCCCCCCCCCCCCCCCCCCC(=O)O[C@H](COC(=O)CCCCCCCCCCCCCCCCCC(C)C)COP(=O)(O)OC[C@@H](O)COP(=O)(O)OC[C@@H](COC(=O)CCCCCCCCCCC)OC(=O)CCCCCCCCCCCCCC. The summed E-state index contributed by atoms with van der Waals surface area (Å²) in [6.45, 7) is 7.33. The van der Waals surface area contributed by atoms with Crippen molar-refractivity contribution in [1.29, 1.82) is 0 Å². The van der Waals surface area contributed by atoms with Crippen molar-refractivity contribution in [3.8, 4) is 0 Å². The molecule has 0 aromatic carbocycles. The van der Waals surface area contributed by atoms with Crippen LogP contribution in [0.3, 0.4) is 0 Å². The van der Waals surface area contributed by atoms with Crippen LogP contribution >= 0.6 is 15.6 Å². The van der Waals surface area contributed by atoms with Gasteiger partial charge in [0.2, 0.25) is 0 Å². The average molecular weight is 1440 g/mol. The Hall–Kier alpha value is -1.94. The maximum absolute atomic E-state index is 13.1. The predicted octanol–water partition coefficient (Wildman–Crippen LogP) is 23.6. The van der Waals surface area contributed by atoms with Gasteiger partial charge in [-0.2, -0.15) is 0 Å². The lowest BCUT2D eigenvalue weighted by Crippen LogP contribution is -2.30. The van der Waals surface area contributed by atoms with E-state index in [1.54, 1.807) is 0 Å². The van der Waals surface area contributed by atoms with Gasteiger partial charge in [0.05, 0.1) is 26.4 Å². The smallest absolute Gasteiger partial charge is 0.462 e. The molecule has 0 aliphatic carbocycles. The van der Waals surface area contributed by atoms with Crippen LogP contribution in [-0.2, 0) is 65.4 Å². The van der Waals surface area contributed by atoms with E-state index < -0.39 is 97.5 Å². The third kappa shape index (κ3) is 72.4. The van der Waals surface area contributed by atoms with Gasteiger partial charge in [-0.05, 0) is 31.6 Å². The van der Waals surface area contributed by atoms with E-state index in [1.807, 2.05) is 0 Å². The zero-order valence-corrected chi connectivity index (χ0v) is 65.7. The summed E-state index contributed by atoms with van der Waals surface area (Å²) >= 11 is 0. The van der Waals surface area contributed by atoms with Gasteiger partial charge < -0.3 is 33.8 Å². The molecule has 0 aromatic rings. The van der Waals surface area contributed by atoms with E-state index in [4.69, 9.17) is 37.0 Å². The molecule has 0 rings (SSSR count). The first-order valence-corrected chi connectivity index (χ1v) is 44.1. The molecular formula is C79H154O17P2. The van der Waals surface area contributed by atoms with Gasteiger partial charge in [-0.3, -0.25) is 37.3 Å². The second-order valence-electron chi connectivity index (χ2n) is 28.9. The van der Waals surface area contributed by atoms with Gasteiger partial charge in [0.1, 0.15) is 19.3 Å². The predicted molar refractivity (Wildman–Crippen MR) is 400 cm³/mol. The van der Waals surface area contributed by atoms with Crippen molar-refractivity contribution in [2.24, 2.45) is 5.92 Å². The number of phosphoric ester groups is 2. The van der Waals surface area contributed by atoms with Crippen LogP contribution in [-0.4, -0.2) is 96.7 Å². The number of carbonyl (C=O) groups excluding carboxylic acids is 4. The van der Waals surface area contributed by atoms with E-state index in [0.29, 0.717) is 25.7 Å². The molecule has 98 heavy (non-hydrogen) atoms. The highest BCUT2D eigenvalue weighted by Crippen LogP contribution is 2.45. The van der Waals surface area contributed by atoms with Crippen LogP contribution in [0.5, 0.6) is 0 Å². The number of hydrogen-bond donors (Lipinski definition) is 3. The molecule has 0 heterocycles. The van der Waals surface area contributed by atoms with Crippen LogP contribution in [0.25, 0.3) is 0 Å². The van der Waals surface area contributed by atoms with E-state index in [0.717, 1.165) is 95.8 Å². The van der Waals surface area contributed by atoms with Crippen molar-refractivity contribution in [3.63, 3.8) is 0 Å². The highest BCUT2D eigenvalue weighted by atomic mass is 31.2. The Kier molecular flexibility index (Phi) is 70.6. The van der Waals surface area contributed by atoms with Gasteiger partial charge in [-0.15, -0.1) is 0 Å². The van der Waals surface area contributed by atoms with Crippen molar-refractivity contribution in [3.05, 3.63) is 0 Å². The molecule has 0 radical (unpaired) electrons. The van der Waals surface area contributed by atoms with Crippen molar-refractivity contribution in [2.45, 2.75) is 438 Å². The molecule has 0 saturated heterocycles. The van der Waals surface area contributed by atoms with Crippen LogP contribution < -0.4 is 0 Å². The van der Waals surface area contributed by atoms with Crippen molar-refractivity contribution in [2.75, 3.05) is 39.6 Å². The zero-order chi connectivity index (χ0) is 71.9. The number of esters is 4. The number of unbranched alkanes of at least 4 members (excludes halogenated alkanes) is 51. The molecule has 0 bridgehead atoms. The third-order valence-electron chi connectivity index (χ3n) is 18.5. The first kappa shape index (κ1) is 96.1. The van der Waals surface area contributed by atoms with Gasteiger partial charge in [0.25, 0.3) is 0 Å². The number of ether oxygens (including phenoxy) is 4.